The summed E-state index contributed by atoms with van der Waals surface area (Å²) in [5.74, 6) is 0.310. The number of aliphatic hydroxyl groups excluding tert-OH is 1. The number of nitrogen functional groups attached to an aromatic ring is 1. The van der Waals surface area contributed by atoms with E-state index in [1.54, 1.807) is 35.7 Å². The van der Waals surface area contributed by atoms with Gasteiger partial charge in [0.25, 0.3) is 0 Å². The summed E-state index contributed by atoms with van der Waals surface area (Å²) in [5.41, 5.74) is 6.94. The Balaban J connectivity index is 1.14. The number of rotatable bonds is 29. The smallest absolute Gasteiger partial charge is 0.390 e. The third-order valence-corrected chi connectivity index (χ3v) is 11.1. The summed E-state index contributed by atoms with van der Waals surface area (Å²) in [6, 6.07) is 8.93. The zero-order valence-corrected chi connectivity index (χ0v) is 33.8. The second kappa shape index (κ2) is 23.9. The van der Waals surface area contributed by atoms with Gasteiger partial charge in [0.1, 0.15) is 35.7 Å². The number of fused-ring (bicyclic) bond motifs is 1. The zero-order valence-electron chi connectivity index (χ0n) is 32.9. The first kappa shape index (κ1) is 44.7. The van der Waals surface area contributed by atoms with Crippen molar-refractivity contribution in [1.29, 1.82) is 5.26 Å². The van der Waals surface area contributed by atoms with E-state index >= 15 is 0 Å². The quantitative estimate of drug-likeness (QED) is 0.0451. The fraction of sp³-hybridized carbons (Fsp3) is 0.700. The number of nitriles is 1. The molecule has 0 aliphatic carbocycles. The first-order valence-corrected chi connectivity index (χ1v) is 21.7. The van der Waals surface area contributed by atoms with Crippen LogP contribution < -0.4 is 5.73 Å². The highest BCUT2D eigenvalue weighted by Gasteiger charge is 2.47. The van der Waals surface area contributed by atoms with Gasteiger partial charge in [-0.1, -0.05) is 103 Å². The molecule has 55 heavy (non-hydrogen) atoms. The van der Waals surface area contributed by atoms with Crippen LogP contribution in [0.1, 0.15) is 146 Å². The lowest BCUT2D eigenvalue weighted by Gasteiger charge is -2.28. The molecule has 4 rings (SSSR count). The van der Waals surface area contributed by atoms with Crippen LogP contribution in [0.25, 0.3) is 5.52 Å². The van der Waals surface area contributed by atoms with Crippen molar-refractivity contribution in [3.63, 3.8) is 0 Å². The Morgan fingerprint density at radius 2 is 1.62 bits per heavy atom. The highest BCUT2D eigenvalue weighted by molar-refractivity contribution is 7.47. The van der Waals surface area contributed by atoms with Gasteiger partial charge >= 0.3 is 7.82 Å². The minimum absolute atomic E-state index is 0.0865. The van der Waals surface area contributed by atoms with E-state index in [0.29, 0.717) is 34.9 Å². The molecule has 0 radical (unpaired) electrons. The SMILES string of the molecule is CCCCCCCCCCCCCCCCCCOC[C@@H](COP(=O)(O)OC[C@@]1(C)O[C@@H](c2ccc3c(N)ncnn23)C[C@@H]1O)OCc1ccc(C#N)cn1. The number of nitrogens with two attached hydrogens (primary N) is 1. The fourth-order valence-corrected chi connectivity index (χ4v) is 7.60. The van der Waals surface area contributed by atoms with Gasteiger partial charge in [0.15, 0.2) is 5.82 Å². The molecule has 306 valence electrons. The monoisotopic (exact) mass is 786 g/mol. The molecule has 0 saturated carbocycles. The predicted molar refractivity (Wildman–Crippen MR) is 210 cm³/mol. The van der Waals surface area contributed by atoms with Gasteiger partial charge < -0.3 is 29.9 Å². The number of aliphatic hydroxyl groups is 1. The number of pyridine rings is 1. The number of nitrogens with zero attached hydrogens (tertiary/aromatic N) is 5. The van der Waals surface area contributed by atoms with Crippen molar-refractivity contribution in [3.8, 4) is 6.07 Å². The highest BCUT2D eigenvalue weighted by atomic mass is 31.2. The van der Waals surface area contributed by atoms with E-state index < -0.39 is 38.3 Å². The lowest BCUT2D eigenvalue weighted by Crippen LogP contribution is -2.40. The van der Waals surface area contributed by atoms with Gasteiger partial charge in [-0.25, -0.2) is 14.1 Å². The fourth-order valence-electron chi connectivity index (χ4n) is 6.75. The number of hydrogen-bond acceptors (Lipinski definition) is 12. The van der Waals surface area contributed by atoms with Crippen LogP contribution in [0.3, 0.4) is 0 Å². The van der Waals surface area contributed by atoms with E-state index in [1.807, 2.05) is 6.07 Å². The van der Waals surface area contributed by atoms with E-state index in [-0.39, 0.29) is 26.2 Å². The molecule has 4 N–H and O–H groups in total. The Hall–Kier alpha value is -2.99. The number of phosphoric acid groups is 1. The van der Waals surface area contributed by atoms with Crippen molar-refractivity contribution in [1.82, 2.24) is 19.6 Å². The van der Waals surface area contributed by atoms with E-state index in [1.165, 1.54) is 102 Å². The molecule has 0 bridgehead atoms. The van der Waals surface area contributed by atoms with Gasteiger partial charge in [-0.05, 0) is 37.6 Å². The topological polar surface area (TPSA) is 197 Å². The van der Waals surface area contributed by atoms with Crippen LogP contribution in [0.5, 0.6) is 0 Å². The Labute approximate surface area is 326 Å². The summed E-state index contributed by atoms with van der Waals surface area (Å²) in [6.07, 6.45) is 21.4. The number of unbranched alkanes of at least 4 members (excludes halogenated alkanes) is 15. The van der Waals surface area contributed by atoms with Gasteiger partial charge in [0, 0.05) is 19.2 Å². The maximum atomic E-state index is 13.0. The average molecular weight is 787 g/mol. The molecule has 1 unspecified atom stereocenters. The molecule has 0 aromatic carbocycles. The number of aromatic nitrogens is 4. The van der Waals surface area contributed by atoms with E-state index in [9.17, 15) is 14.6 Å². The number of ether oxygens (including phenoxy) is 3. The Bertz CT molecular complexity index is 1620. The van der Waals surface area contributed by atoms with Crippen molar-refractivity contribution >= 4 is 19.2 Å². The summed E-state index contributed by atoms with van der Waals surface area (Å²) >= 11 is 0. The molecule has 3 aromatic rings. The molecule has 3 aromatic heterocycles. The van der Waals surface area contributed by atoms with Crippen LogP contribution in [0.15, 0.2) is 36.8 Å². The zero-order chi connectivity index (χ0) is 39.4. The minimum Gasteiger partial charge on any atom is -0.390 e. The molecule has 15 heteroatoms. The molecule has 1 aliphatic heterocycles. The molecular formula is C40H63N6O8P. The second-order valence-electron chi connectivity index (χ2n) is 14.9. The summed E-state index contributed by atoms with van der Waals surface area (Å²) in [7, 11) is -4.60. The summed E-state index contributed by atoms with van der Waals surface area (Å²) in [6.45, 7) is 3.93. The molecule has 1 aliphatic rings. The van der Waals surface area contributed by atoms with Crippen LogP contribution in [0.2, 0.25) is 0 Å². The van der Waals surface area contributed by atoms with Crippen LogP contribution in [0, 0.1) is 11.3 Å². The van der Waals surface area contributed by atoms with Gasteiger partial charge in [0.05, 0.1) is 49.5 Å². The van der Waals surface area contributed by atoms with Gasteiger partial charge in [-0.2, -0.15) is 10.4 Å². The molecule has 1 saturated heterocycles. The Kier molecular flexibility index (Phi) is 19.5. The second-order valence-corrected chi connectivity index (χ2v) is 16.3. The molecule has 0 spiro atoms. The van der Waals surface area contributed by atoms with E-state index in [0.717, 1.165) is 12.8 Å². The molecule has 5 atom stereocenters. The molecule has 4 heterocycles. The Morgan fingerprint density at radius 1 is 0.964 bits per heavy atom. The molecule has 14 nitrogen and oxygen atoms in total. The number of anilines is 1. The standard InChI is InChI=1S/C40H63N6O8P/c1-3-4-5-6-7-8-9-10-11-12-13-14-15-16-17-18-23-50-28-34(51-27-33-20-19-32(25-41)26-43-33)29-52-55(48,49)53-30-40(2)38(47)24-37(54-40)35-21-22-36-39(42)44-31-45-46(35)36/h19-22,26,31,34,37-38,47H,3-18,23-24,27-30H2,1-2H3,(H,48,49)(H2,42,44,45)/t34-,37+,38-,40+/m0/s1. The van der Waals surface area contributed by atoms with E-state index in [4.69, 9.17) is 34.3 Å². The maximum Gasteiger partial charge on any atom is 0.472 e. The van der Waals surface area contributed by atoms with Crippen LogP contribution in [0.4, 0.5) is 5.82 Å². The third kappa shape index (κ3) is 15.5. The van der Waals surface area contributed by atoms with Gasteiger partial charge in [0.2, 0.25) is 0 Å². The van der Waals surface area contributed by atoms with Crippen molar-refractivity contribution in [2.75, 3.05) is 32.2 Å². The minimum atomic E-state index is -4.60. The number of phosphoric ester groups is 1. The van der Waals surface area contributed by atoms with Gasteiger partial charge in [-0.3, -0.25) is 14.0 Å². The van der Waals surface area contributed by atoms with Gasteiger partial charge in [-0.15, -0.1) is 0 Å². The molecule has 0 amide bonds. The maximum absolute atomic E-state index is 13.0. The van der Waals surface area contributed by atoms with Crippen LogP contribution >= 0.6 is 7.82 Å². The highest BCUT2D eigenvalue weighted by Crippen LogP contribution is 2.47. The molecular weight excluding hydrogens is 723 g/mol. The first-order valence-electron chi connectivity index (χ1n) is 20.2. The third-order valence-electron chi connectivity index (χ3n) is 10.2. The van der Waals surface area contributed by atoms with Crippen molar-refractivity contribution < 1.29 is 37.8 Å². The Morgan fingerprint density at radius 3 is 2.24 bits per heavy atom. The first-order chi connectivity index (χ1) is 26.6. The largest absolute Gasteiger partial charge is 0.472 e. The van der Waals surface area contributed by atoms with Crippen molar-refractivity contribution in [2.24, 2.45) is 0 Å². The lowest BCUT2D eigenvalue weighted by atomic mass is 9.99. The summed E-state index contributed by atoms with van der Waals surface area (Å²) < 4.78 is 43.4. The summed E-state index contributed by atoms with van der Waals surface area (Å²) in [4.78, 5) is 18.9. The van der Waals surface area contributed by atoms with E-state index in [2.05, 4.69) is 22.0 Å². The van der Waals surface area contributed by atoms with Crippen molar-refractivity contribution in [3.05, 3.63) is 53.7 Å². The lowest BCUT2D eigenvalue weighted by molar-refractivity contribution is -0.102. The molecule has 1 fully saturated rings. The normalized spacial score (nSPS) is 20.1. The number of hydrogen-bond donors (Lipinski definition) is 3. The van der Waals surface area contributed by atoms with Crippen LogP contribution in [-0.4, -0.2) is 73.8 Å². The predicted octanol–water partition coefficient (Wildman–Crippen LogP) is 8.16. The van der Waals surface area contributed by atoms with Crippen molar-refractivity contribution in [2.45, 2.75) is 154 Å². The van der Waals surface area contributed by atoms with Crippen LogP contribution in [-0.2, 0) is 34.4 Å². The summed E-state index contributed by atoms with van der Waals surface area (Å²) in [5, 5.41) is 24.2. The average Bonchev–Trinajstić information content (AvgIpc) is 3.75.